The summed E-state index contributed by atoms with van der Waals surface area (Å²) < 4.78 is 5.66. The van der Waals surface area contributed by atoms with Gasteiger partial charge in [-0.05, 0) is 51.3 Å². The van der Waals surface area contributed by atoms with E-state index in [0.29, 0.717) is 0 Å². The minimum atomic E-state index is -0.418. The number of fused-ring (bicyclic) bond motifs is 1. The highest BCUT2D eigenvalue weighted by Gasteiger charge is 2.28. The van der Waals surface area contributed by atoms with Crippen molar-refractivity contribution in [3.63, 3.8) is 0 Å². The van der Waals surface area contributed by atoms with E-state index in [0.717, 1.165) is 24.3 Å². The number of amides is 1. The highest BCUT2D eigenvalue weighted by Crippen LogP contribution is 2.34. The maximum Gasteiger partial charge on any atom is 0.267 e. The number of anilines is 1. The average Bonchev–Trinajstić information content (AvgIpc) is 2.32. The lowest BCUT2D eigenvalue weighted by Gasteiger charge is -2.30. The van der Waals surface area contributed by atoms with E-state index in [2.05, 4.69) is 0 Å². The Hall–Kier alpha value is -1.55. The number of aryl methyl sites for hydroxylation is 1. The molecule has 1 unspecified atom stereocenters. The Kier molecular flexibility index (Phi) is 3.54. The van der Waals surface area contributed by atoms with E-state index in [4.69, 9.17) is 10.5 Å². The van der Waals surface area contributed by atoms with E-state index in [1.807, 2.05) is 32.0 Å². The molecular formula is C15H22N2O2. The molecule has 1 aliphatic rings. The molecule has 0 bridgehead atoms. The van der Waals surface area contributed by atoms with Crippen LogP contribution in [0.4, 0.5) is 5.69 Å². The third kappa shape index (κ3) is 3.07. The Morgan fingerprint density at radius 1 is 1.42 bits per heavy atom. The van der Waals surface area contributed by atoms with Crippen LogP contribution < -0.4 is 15.4 Å². The second-order valence-corrected chi connectivity index (χ2v) is 5.95. The average molecular weight is 262 g/mol. The molecule has 0 saturated heterocycles. The zero-order chi connectivity index (χ0) is 14.2. The van der Waals surface area contributed by atoms with Gasteiger partial charge in [0.1, 0.15) is 5.75 Å². The molecule has 1 amide bonds. The molecule has 0 radical (unpaired) electrons. The van der Waals surface area contributed by atoms with Crippen LogP contribution in [0, 0.1) is 0 Å². The van der Waals surface area contributed by atoms with Crippen LogP contribution in [-0.4, -0.2) is 24.6 Å². The Balaban J connectivity index is 2.20. The van der Waals surface area contributed by atoms with E-state index in [-0.39, 0.29) is 11.4 Å². The summed E-state index contributed by atoms with van der Waals surface area (Å²) in [5, 5.41) is 0. The second-order valence-electron chi connectivity index (χ2n) is 5.95. The quantitative estimate of drug-likeness (QED) is 0.907. The van der Waals surface area contributed by atoms with Gasteiger partial charge in [0, 0.05) is 12.6 Å². The van der Waals surface area contributed by atoms with Gasteiger partial charge in [0.2, 0.25) is 0 Å². The molecule has 1 aliphatic heterocycles. The van der Waals surface area contributed by atoms with Crippen molar-refractivity contribution in [1.29, 1.82) is 0 Å². The fourth-order valence-corrected chi connectivity index (χ4v) is 2.18. The summed E-state index contributed by atoms with van der Waals surface area (Å²) in [6.07, 6.45) is 1.40. The zero-order valence-corrected chi connectivity index (χ0v) is 12.1. The van der Waals surface area contributed by atoms with Crippen LogP contribution in [0.3, 0.4) is 0 Å². The van der Waals surface area contributed by atoms with Crippen LogP contribution in [0.15, 0.2) is 18.2 Å². The van der Waals surface area contributed by atoms with Gasteiger partial charge in [0.25, 0.3) is 5.91 Å². The number of nitrogens with zero attached hydrogens (tertiary/aromatic N) is 1. The highest BCUT2D eigenvalue weighted by atomic mass is 16.5. The molecule has 0 spiro atoms. The summed E-state index contributed by atoms with van der Waals surface area (Å²) in [4.78, 5) is 13.5. The third-order valence-electron chi connectivity index (χ3n) is 3.43. The van der Waals surface area contributed by atoms with Crippen molar-refractivity contribution >= 4 is 11.6 Å². The molecule has 1 heterocycles. The summed E-state index contributed by atoms with van der Waals surface area (Å²) >= 11 is 0. The first-order valence-corrected chi connectivity index (χ1v) is 6.64. The standard InChI is InChI=1S/C15H22N2O2/c1-10-14(18)17(4)12-6-5-11(9-13(12)19-10)7-8-15(2,3)16/h5-6,9-10H,7-8,16H2,1-4H3. The van der Waals surface area contributed by atoms with Crippen molar-refractivity contribution in [2.45, 2.75) is 45.3 Å². The normalized spacial score (nSPS) is 19.1. The Bertz CT molecular complexity index is 491. The smallest absolute Gasteiger partial charge is 0.267 e. The molecule has 1 aromatic rings. The van der Waals surface area contributed by atoms with Crippen molar-refractivity contribution < 1.29 is 9.53 Å². The molecule has 0 saturated carbocycles. The number of carbonyl (C=O) groups is 1. The number of carbonyl (C=O) groups excluding carboxylic acids is 1. The van der Waals surface area contributed by atoms with Crippen LogP contribution in [-0.2, 0) is 11.2 Å². The van der Waals surface area contributed by atoms with Crippen LogP contribution in [0.2, 0.25) is 0 Å². The number of likely N-dealkylation sites (N-methyl/N-ethyl adjacent to an activating group) is 1. The molecule has 2 N–H and O–H groups in total. The van der Waals surface area contributed by atoms with Crippen LogP contribution in [0.25, 0.3) is 0 Å². The SMILES string of the molecule is CC1Oc2cc(CCC(C)(C)N)ccc2N(C)C1=O. The lowest BCUT2D eigenvalue weighted by molar-refractivity contribution is -0.125. The number of nitrogens with two attached hydrogens (primary N) is 1. The van der Waals surface area contributed by atoms with Crippen molar-refractivity contribution in [2.75, 3.05) is 11.9 Å². The molecule has 2 rings (SSSR count). The number of rotatable bonds is 3. The van der Waals surface area contributed by atoms with E-state index in [9.17, 15) is 4.79 Å². The minimum Gasteiger partial charge on any atom is -0.479 e. The summed E-state index contributed by atoms with van der Waals surface area (Å²) in [6.45, 7) is 5.82. The van der Waals surface area contributed by atoms with Gasteiger partial charge in [-0.15, -0.1) is 0 Å². The predicted molar refractivity (Wildman–Crippen MR) is 76.5 cm³/mol. The molecule has 19 heavy (non-hydrogen) atoms. The first-order valence-electron chi connectivity index (χ1n) is 6.64. The maximum absolute atomic E-state index is 11.8. The van der Waals surface area contributed by atoms with Crippen molar-refractivity contribution in [2.24, 2.45) is 5.73 Å². The Labute approximate surface area is 114 Å². The van der Waals surface area contributed by atoms with Gasteiger partial charge < -0.3 is 15.4 Å². The molecule has 0 aliphatic carbocycles. The monoisotopic (exact) mass is 262 g/mol. The lowest BCUT2D eigenvalue weighted by atomic mass is 9.96. The lowest BCUT2D eigenvalue weighted by Crippen LogP contribution is -2.42. The van der Waals surface area contributed by atoms with E-state index in [1.54, 1.807) is 18.9 Å². The van der Waals surface area contributed by atoms with Gasteiger partial charge in [-0.3, -0.25) is 4.79 Å². The second kappa shape index (κ2) is 4.85. The number of ether oxygens (including phenoxy) is 1. The van der Waals surface area contributed by atoms with Gasteiger partial charge in [0.15, 0.2) is 6.10 Å². The van der Waals surface area contributed by atoms with Gasteiger partial charge in [-0.25, -0.2) is 0 Å². The summed E-state index contributed by atoms with van der Waals surface area (Å²) in [5.74, 6) is 0.769. The number of hydrogen-bond acceptors (Lipinski definition) is 3. The molecule has 4 nitrogen and oxygen atoms in total. The zero-order valence-electron chi connectivity index (χ0n) is 12.1. The first-order chi connectivity index (χ1) is 8.78. The molecule has 4 heteroatoms. The van der Waals surface area contributed by atoms with Crippen molar-refractivity contribution in [3.8, 4) is 5.75 Å². The molecule has 1 aromatic carbocycles. The molecule has 0 aromatic heterocycles. The number of hydrogen-bond donors (Lipinski definition) is 1. The van der Waals surface area contributed by atoms with E-state index < -0.39 is 6.10 Å². The molecule has 104 valence electrons. The van der Waals surface area contributed by atoms with Gasteiger partial charge >= 0.3 is 0 Å². The molecule has 0 fully saturated rings. The minimum absolute atomic E-state index is 0.0108. The molecular weight excluding hydrogens is 240 g/mol. The highest BCUT2D eigenvalue weighted by molar-refractivity contribution is 5.99. The van der Waals surface area contributed by atoms with E-state index in [1.165, 1.54) is 5.56 Å². The fourth-order valence-electron chi connectivity index (χ4n) is 2.18. The Morgan fingerprint density at radius 3 is 2.74 bits per heavy atom. The van der Waals surface area contributed by atoms with Gasteiger partial charge in [-0.1, -0.05) is 6.07 Å². The van der Waals surface area contributed by atoms with Crippen molar-refractivity contribution in [1.82, 2.24) is 0 Å². The molecule has 1 atom stereocenters. The largest absolute Gasteiger partial charge is 0.479 e. The summed E-state index contributed by atoms with van der Waals surface area (Å²) in [6, 6.07) is 5.99. The third-order valence-corrected chi connectivity index (χ3v) is 3.43. The summed E-state index contributed by atoms with van der Waals surface area (Å²) in [7, 11) is 1.78. The van der Waals surface area contributed by atoms with Gasteiger partial charge in [0.05, 0.1) is 5.69 Å². The van der Waals surface area contributed by atoms with Crippen LogP contribution >= 0.6 is 0 Å². The number of benzene rings is 1. The maximum atomic E-state index is 11.8. The summed E-state index contributed by atoms with van der Waals surface area (Å²) in [5.41, 5.74) is 7.85. The Morgan fingerprint density at radius 2 is 2.11 bits per heavy atom. The first kappa shape index (κ1) is 13.9. The fraction of sp³-hybridized carbons (Fsp3) is 0.533. The van der Waals surface area contributed by atoms with Crippen LogP contribution in [0.5, 0.6) is 5.75 Å². The predicted octanol–water partition coefficient (Wildman–Crippen LogP) is 2.10. The van der Waals surface area contributed by atoms with Crippen LogP contribution in [0.1, 0.15) is 32.8 Å². The topological polar surface area (TPSA) is 55.6 Å². The van der Waals surface area contributed by atoms with Crippen molar-refractivity contribution in [3.05, 3.63) is 23.8 Å². The van der Waals surface area contributed by atoms with E-state index >= 15 is 0 Å². The van der Waals surface area contributed by atoms with Gasteiger partial charge in [-0.2, -0.15) is 0 Å².